The smallest absolute Gasteiger partial charge is 0.338 e. The Morgan fingerprint density at radius 2 is 2.11 bits per heavy atom. The van der Waals surface area contributed by atoms with Gasteiger partial charge in [-0.25, -0.2) is 4.79 Å². The summed E-state index contributed by atoms with van der Waals surface area (Å²) in [7, 11) is 1.54. The number of nitrogen functional groups attached to an aromatic ring is 1. The van der Waals surface area contributed by atoms with Crippen LogP contribution in [-0.4, -0.2) is 19.7 Å². The van der Waals surface area contributed by atoms with E-state index < -0.39 is 0 Å². The largest absolute Gasteiger partial charge is 0.495 e. The molecule has 0 fully saturated rings. The predicted octanol–water partition coefficient (Wildman–Crippen LogP) is 2.87. The van der Waals surface area contributed by atoms with Crippen molar-refractivity contribution in [2.45, 2.75) is 26.7 Å². The topological polar surface area (TPSA) is 61.5 Å². The van der Waals surface area contributed by atoms with Crippen molar-refractivity contribution in [3.63, 3.8) is 0 Å². The Balaban J connectivity index is 2.49. The summed E-state index contributed by atoms with van der Waals surface area (Å²) >= 11 is 0. The zero-order valence-electron chi connectivity index (χ0n) is 11.2. The van der Waals surface area contributed by atoms with E-state index in [1.807, 2.05) is 0 Å². The molecule has 1 aromatic carbocycles. The first-order valence-corrected chi connectivity index (χ1v) is 6.15. The molecular formula is C14H21NO3. The molecule has 1 aromatic rings. The number of rotatable bonds is 6. The third-order valence-electron chi connectivity index (χ3n) is 2.62. The standard InChI is InChI=1S/C14H21NO3/c1-10(2)5-4-8-18-14(16)11-6-7-13(17-3)12(15)9-11/h6-7,9-10H,4-5,8,15H2,1-3H3. The van der Waals surface area contributed by atoms with E-state index in [-0.39, 0.29) is 5.97 Å². The highest BCUT2D eigenvalue weighted by atomic mass is 16.5. The molecule has 4 heteroatoms. The molecule has 2 N–H and O–H groups in total. The molecular weight excluding hydrogens is 230 g/mol. The Labute approximate surface area is 108 Å². The van der Waals surface area contributed by atoms with Crippen molar-refractivity contribution in [2.24, 2.45) is 5.92 Å². The van der Waals surface area contributed by atoms with Gasteiger partial charge < -0.3 is 15.2 Å². The minimum Gasteiger partial charge on any atom is -0.495 e. The summed E-state index contributed by atoms with van der Waals surface area (Å²) in [5, 5.41) is 0. The predicted molar refractivity (Wildman–Crippen MR) is 71.8 cm³/mol. The lowest BCUT2D eigenvalue weighted by Gasteiger charge is -2.08. The number of esters is 1. The lowest BCUT2D eigenvalue weighted by atomic mass is 10.1. The third-order valence-corrected chi connectivity index (χ3v) is 2.62. The van der Waals surface area contributed by atoms with Crippen molar-refractivity contribution >= 4 is 11.7 Å². The number of carbonyl (C=O) groups is 1. The first-order chi connectivity index (χ1) is 8.54. The van der Waals surface area contributed by atoms with Gasteiger partial charge in [-0.3, -0.25) is 0 Å². The van der Waals surface area contributed by atoms with Crippen molar-refractivity contribution < 1.29 is 14.3 Å². The monoisotopic (exact) mass is 251 g/mol. The first kappa shape index (κ1) is 14.4. The Morgan fingerprint density at radius 1 is 1.39 bits per heavy atom. The van der Waals surface area contributed by atoms with Crippen LogP contribution in [0.15, 0.2) is 18.2 Å². The maximum atomic E-state index is 11.7. The molecule has 4 nitrogen and oxygen atoms in total. The molecule has 0 aromatic heterocycles. The highest BCUT2D eigenvalue weighted by Crippen LogP contribution is 2.22. The molecule has 0 aliphatic heterocycles. The number of anilines is 1. The van der Waals surface area contributed by atoms with Crippen molar-refractivity contribution in [1.82, 2.24) is 0 Å². The molecule has 0 bridgehead atoms. The summed E-state index contributed by atoms with van der Waals surface area (Å²) < 4.78 is 10.2. The highest BCUT2D eigenvalue weighted by Gasteiger charge is 2.09. The molecule has 0 unspecified atom stereocenters. The Bertz CT molecular complexity index is 402. The molecule has 0 aliphatic carbocycles. The Kier molecular flexibility index (Phi) is 5.49. The van der Waals surface area contributed by atoms with Crippen LogP contribution in [0.1, 0.15) is 37.0 Å². The van der Waals surface area contributed by atoms with Gasteiger partial charge in [-0.05, 0) is 37.0 Å². The second-order valence-corrected chi connectivity index (χ2v) is 4.63. The zero-order chi connectivity index (χ0) is 13.5. The maximum Gasteiger partial charge on any atom is 0.338 e. The molecule has 18 heavy (non-hydrogen) atoms. The number of benzene rings is 1. The zero-order valence-corrected chi connectivity index (χ0v) is 11.2. The molecule has 0 radical (unpaired) electrons. The lowest BCUT2D eigenvalue weighted by molar-refractivity contribution is 0.0495. The van der Waals surface area contributed by atoms with E-state index in [0.29, 0.717) is 29.5 Å². The van der Waals surface area contributed by atoms with Crippen molar-refractivity contribution in [3.8, 4) is 5.75 Å². The highest BCUT2D eigenvalue weighted by molar-refractivity contribution is 5.91. The van der Waals surface area contributed by atoms with Crippen LogP contribution in [0.5, 0.6) is 5.75 Å². The number of nitrogens with two attached hydrogens (primary N) is 1. The van der Waals surface area contributed by atoms with Crippen LogP contribution in [0, 0.1) is 5.92 Å². The van der Waals surface area contributed by atoms with Crippen LogP contribution in [0.3, 0.4) is 0 Å². The van der Waals surface area contributed by atoms with E-state index in [0.717, 1.165) is 12.8 Å². The van der Waals surface area contributed by atoms with E-state index in [4.69, 9.17) is 15.2 Å². The molecule has 0 amide bonds. The van der Waals surface area contributed by atoms with Crippen molar-refractivity contribution in [1.29, 1.82) is 0 Å². The lowest BCUT2D eigenvalue weighted by Crippen LogP contribution is -2.08. The van der Waals surface area contributed by atoms with Crippen LogP contribution in [0.2, 0.25) is 0 Å². The fourth-order valence-corrected chi connectivity index (χ4v) is 1.60. The number of hydrogen-bond donors (Lipinski definition) is 1. The molecule has 0 saturated heterocycles. The van der Waals surface area contributed by atoms with Crippen LogP contribution >= 0.6 is 0 Å². The van der Waals surface area contributed by atoms with Gasteiger partial charge in [0.2, 0.25) is 0 Å². The van der Waals surface area contributed by atoms with Gasteiger partial charge in [0.1, 0.15) is 5.75 Å². The summed E-state index contributed by atoms with van der Waals surface area (Å²) in [4.78, 5) is 11.7. The number of hydrogen-bond acceptors (Lipinski definition) is 4. The molecule has 1 rings (SSSR count). The minimum atomic E-state index is -0.340. The van der Waals surface area contributed by atoms with Gasteiger partial charge in [0, 0.05) is 0 Å². The molecule has 0 heterocycles. The fourth-order valence-electron chi connectivity index (χ4n) is 1.60. The van der Waals surface area contributed by atoms with Crippen LogP contribution in [0.4, 0.5) is 5.69 Å². The number of ether oxygens (including phenoxy) is 2. The summed E-state index contributed by atoms with van der Waals surface area (Å²) in [5.74, 6) is 0.847. The van der Waals surface area contributed by atoms with Crippen LogP contribution < -0.4 is 10.5 Å². The van der Waals surface area contributed by atoms with Gasteiger partial charge in [0.05, 0.1) is 25.0 Å². The second-order valence-electron chi connectivity index (χ2n) is 4.63. The minimum absolute atomic E-state index is 0.340. The van der Waals surface area contributed by atoms with E-state index in [9.17, 15) is 4.79 Å². The van der Waals surface area contributed by atoms with E-state index in [2.05, 4.69) is 13.8 Å². The maximum absolute atomic E-state index is 11.7. The number of carbonyl (C=O) groups excluding carboxylic acids is 1. The SMILES string of the molecule is COc1ccc(C(=O)OCCCC(C)C)cc1N. The summed E-state index contributed by atoms with van der Waals surface area (Å²) in [6, 6.07) is 4.89. The average Bonchev–Trinajstić information content (AvgIpc) is 2.34. The normalized spacial score (nSPS) is 10.4. The van der Waals surface area contributed by atoms with E-state index >= 15 is 0 Å². The van der Waals surface area contributed by atoms with Gasteiger partial charge in [-0.15, -0.1) is 0 Å². The van der Waals surface area contributed by atoms with Gasteiger partial charge in [0.15, 0.2) is 0 Å². The quantitative estimate of drug-likeness (QED) is 0.480. The Morgan fingerprint density at radius 3 is 2.67 bits per heavy atom. The van der Waals surface area contributed by atoms with E-state index in [1.54, 1.807) is 18.2 Å². The van der Waals surface area contributed by atoms with Gasteiger partial charge in [0.25, 0.3) is 0 Å². The molecule has 100 valence electrons. The summed E-state index contributed by atoms with van der Waals surface area (Å²) in [5.41, 5.74) is 6.63. The Hall–Kier alpha value is -1.71. The van der Waals surface area contributed by atoms with Gasteiger partial charge in [-0.2, -0.15) is 0 Å². The van der Waals surface area contributed by atoms with E-state index in [1.165, 1.54) is 7.11 Å². The van der Waals surface area contributed by atoms with Gasteiger partial charge in [-0.1, -0.05) is 13.8 Å². The fraction of sp³-hybridized carbons (Fsp3) is 0.500. The third kappa shape index (κ3) is 4.28. The number of methoxy groups -OCH3 is 1. The molecule has 0 spiro atoms. The first-order valence-electron chi connectivity index (χ1n) is 6.15. The summed E-state index contributed by atoms with van der Waals surface area (Å²) in [6.45, 7) is 4.74. The van der Waals surface area contributed by atoms with Gasteiger partial charge >= 0.3 is 5.97 Å². The average molecular weight is 251 g/mol. The van der Waals surface area contributed by atoms with Crippen molar-refractivity contribution in [3.05, 3.63) is 23.8 Å². The van der Waals surface area contributed by atoms with Crippen molar-refractivity contribution in [2.75, 3.05) is 19.5 Å². The van der Waals surface area contributed by atoms with Crippen LogP contribution in [-0.2, 0) is 4.74 Å². The molecule has 0 atom stereocenters. The summed E-state index contributed by atoms with van der Waals surface area (Å²) in [6.07, 6.45) is 1.94. The second kappa shape index (κ2) is 6.89. The van der Waals surface area contributed by atoms with Crippen LogP contribution in [0.25, 0.3) is 0 Å². The molecule has 0 saturated carbocycles. The molecule has 0 aliphatic rings.